The van der Waals surface area contributed by atoms with Crippen LogP contribution in [0.4, 0.5) is 19.0 Å². The Morgan fingerprint density at radius 2 is 2.00 bits per heavy atom. The second-order valence-corrected chi connectivity index (χ2v) is 10.4. The normalized spacial score (nSPS) is 14.1. The van der Waals surface area contributed by atoms with Crippen molar-refractivity contribution in [3.8, 4) is 17.1 Å². The molecular weight excluding hydrogens is 503 g/mol. The highest BCUT2D eigenvalue weighted by atomic mass is 32.2. The van der Waals surface area contributed by atoms with Crippen molar-refractivity contribution in [2.75, 3.05) is 18.2 Å². The average molecular weight is 528 g/mol. The average Bonchev–Trinajstić information content (AvgIpc) is 3.45. The summed E-state index contributed by atoms with van der Waals surface area (Å²) in [6.45, 7) is 1.38. The number of nitrogens with one attached hydrogen (secondary N) is 1. The summed E-state index contributed by atoms with van der Waals surface area (Å²) in [7, 11) is -1.06. The van der Waals surface area contributed by atoms with Gasteiger partial charge in [0.25, 0.3) is 0 Å². The van der Waals surface area contributed by atoms with Gasteiger partial charge in [0.1, 0.15) is 11.6 Å². The lowest BCUT2D eigenvalue weighted by Crippen LogP contribution is -2.18. The number of rotatable bonds is 9. The van der Waals surface area contributed by atoms with Crippen LogP contribution in [0.25, 0.3) is 11.4 Å². The Labute approximate surface area is 204 Å². The minimum Gasteiger partial charge on any atom is -0.465 e. The number of aromatic nitrogens is 4. The maximum atomic E-state index is 12.9. The van der Waals surface area contributed by atoms with Gasteiger partial charge in [-0.3, -0.25) is 4.68 Å². The molecule has 0 spiro atoms. The van der Waals surface area contributed by atoms with Crippen molar-refractivity contribution < 1.29 is 35.9 Å². The summed E-state index contributed by atoms with van der Waals surface area (Å²) in [6.07, 6.45) is 0.537. The van der Waals surface area contributed by atoms with E-state index in [0.717, 1.165) is 32.1 Å². The van der Waals surface area contributed by atoms with E-state index in [0.29, 0.717) is 17.4 Å². The van der Waals surface area contributed by atoms with E-state index >= 15 is 0 Å². The van der Waals surface area contributed by atoms with Gasteiger partial charge in [-0.15, -0.1) is 13.2 Å². The molecule has 0 unspecified atom stereocenters. The topological polar surface area (TPSA) is 117 Å². The summed E-state index contributed by atoms with van der Waals surface area (Å²) in [6, 6.07) is 3.56. The van der Waals surface area contributed by atoms with Crippen LogP contribution in [0.3, 0.4) is 0 Å². The molecule has 3 aromatic rings. The first kappa shape index (κ1) is 25.5. The zero-order valence-electron chi connectivity index (χ0n) is 19.7. The third-order valence-corrected chi connectivity index (χ3v) is 7.48. The number of esters is 1. The number of benzene rings is 1. The van der Waals surface area contributed by atoms with Gasteiger partial charge in [0.15, 0.2) is 20.7 Å². The summed E-state index contributed by atoms with van der Waals surface area (Å²) >= 11 is 0. The van der Waals surface area contributed by atoms with Gasteiger partial charge in [0.2, 0.25) is 0 Å². The number of ether oxygens (including phenoxy) is 2. The van der Waals surface area contributed by atoms with E-state index in [9.17, 15) is 26.4 Å². The molecule has 194 valence electrons. The first-order valence-corrected chi connectivity index (χ1v) is 12.6. The van der Waals surface area contributed by atoms with Gasteiger partial charge in [-0.2, -0.15) is 5.10 Å². The molecule has 0 radical (unpaired) electrons. The molecule has 10 nitrogen and oxygen atoms in total. The van der Waals surface area contributed by atoms with E-state index in [1.807, 2.05) is 4.68 Å². The van der Waals surface area contributed by atoms with Crippen LogP contribution in [0, 0.1) is 0 Å². The molecule has 2 heterocycles. The molecule has 2 aromatic heterocycles. The van der Waals surface area contributed by atoms with Gasteiger partial charge in [0, 0.05) is 19.8 Å². The van der Waals surface area contributed by atoms with E-state index in [2.05, 4.69) is 24.9 Å². The smallest absolute Gasteiger partial charge is 0.465 e. The Hall–Kier alpha value is -3.55. The predicted molar refractivity (Wildman–Crippen MR) is 122 cm³/mol. The third kappa shape index (κ3) is 5.32. The van der Waals surface area contributed by atoms with Crippen LogP contribution in [0.5, 0.6) is 5.75 Å². The third-order valence-electron chi connectivity index (χ3n) is 5.66. The van der Waals surface area contributed by atoms with Gasteiger partial charge in [-0.1, -0.05) is 13.0 Å². The van der Waals surface area contributed by atoms with Crippen molar-refractivity contribution in [3.05, 3.63) is 41.7 Å². The molecule has 0 bridgehead atoms. The fraction of sp³-hybridized carbons (Fsp3) is 0.409. The lowest BCUT2D eigenvalue weighted by Gasteiger charge is -2.14. The van der Waals surface area contributed by atoms with Gasteiger partial charge < -0.3 is 19.4 Å². The molecule has 1 aliphatic carbocycles. The lowest BCUT2D eigenvalue weighted by molar-refractivity contribution is -0.274. The van der Waals surface area contributed by atoms with Crippen molar-refractivity contribution in [3.63, 3.8) is 0 Å². The maximum absolute atomic E-state index is 12.9. The number of hydrogen-bond acceptors (Lipinski definition) is 8. The Morgan fingerprint density at radius 3 is 2.61 bits per heavy atom. The number of halogens is 3. The molecule has 0 atom stereocenters. The lowest BCUT2D eigenvalue weighted by atomic mass is 10.1. The zero-order valence-corrected chi connectivity index (χ0v) is 20.5. The molecule has 0 amide bonds. The number of anilines is 1. The molecule has 0 aliphatic heterocycles. The Bertz CT molecular complexity index is 1390. The number of alkyl halides is 3. The largest absolute Gasteiger partial charge is 0.573 e. The van der Waals surface area contributed by atoms with Crippen molar-refractivity contribution in [2.45, 2.75) is 43.7 Å². The molecule has 1 fully saturated rings. The summed E-state index contributed by atoms with van der Waals surface area (Å²) in [4.78, 5) is 16.7. The number of methoxy groups -OCH3 is 1. The van der Waals surface area contributed by atoms with Gasteiger partial charge >= 0.3 is 12.3 Å². The fourth-order valence-electron chi connectivity index (χ4n) is 3.73. The van der Waals surface area contributed by atoms with E-state index in [4.69, 9.17) is 0 Å². The van der Waals surface area contributed by atoms with E-state index < -0.39 is 27.9 Å². The molecule has 1 saturated carbocycles. The SMILES string of the molecule is CCS(=O)(=O)c1c(NCc2ccc(OC(F)(F)F)cc2C(=O)OC)nc(-c2cnn(C3CC3)c2)n1C. The van der Waals surface area contributed by atoms with Crippen molar-refractivity contribution in [2.24, 2.45) is 7.05 Å². The number of carbonyl (C=O) groups is 1. The zero-order chi connectivity index (χ0) is 26.3. The van der Waals surface area contributed by atoms with Crippen molar-refractivity contribution >= 4 is 21.6 Å². The Morgan fingerprint density at radius 1 is 1.28 bits per heavy atom. The highest BCUT2D eigenvalue weighted by Crippen LogP contribution is 2.36. The summed E-state index contributed by atoms with van der Waals surface area (Å²) in [5.74, 6) is -1.24. The number of carbonyl (C=O) groups excluding carboxylic acids is 1. The van der Waals surface area contributed by atoms with E-state index in [-0.39, 0.29) is 34.3 Å². The second kappa shape index (κ2) is 9.48. The van der Waals surface area contributed by atoms with Crippen molar-refractivity contribution in [1.82, 2.24) is 19.3 Å². The first-order chi connectivity index (χ1) is 16.9. The van der Waals surface area contributed by atoms with Gasteiger partial charge in [-0.25, -0.2) is 18.2 Å². The van der Waals surface area contributed by atoms with Gasteiger partial charge in [-0.05, 0) is 30.5 Å². The quantitative estimate of drug-likeness (QED) is 0.419. The Balaban J connectivity index is 1.68. The molecule has 1 aromatic carbocycles. The maximum Gasteiger partial charge on any atom is 0.573 e. The molecule has 1 aliphatic rings. The van der Waals surface area contributed by atoms with Crippen LogP contribution in [0.15, 0.2) is 35.6 Å². The molecule has 4 rings (SSSR count). The molecule has 36 heavy (non-hydrogen) atoms. The summed E-state index contributed by atoms with van der Waals surface area (Å²) < 4.78 is 75.5. The van der Waals surface area contributed by atoms with Crippen LogP contribution >= 0.6 is 0 Å². The standard InChI is InChI=1S/C22H24F3N5O5S/c1-4-36(32,33)20-18(28-19(29(20)2)14-11-27-30(12-14)15-6-7-15)26-10-13-5-8-16(35-22(23,24)25)9-17(13)21(31)34-3/h5,8-9,11-12,15,26H,4,6-7,10H2,1-3H3. The predicted octanol–water partition coefficient (Wildman–Crippen LogP) is 3.71. The van der Waals surface area contributed by atoms with Crippen LogP contribution in [-0.4, -0.2) is 52.9 Å². The number of hydrogen-bond donors (Lipinski definition) is 1. The second-order valence-electron chi connectivity index (χ2n) is 8.20. The minimum absolute atomic E-state index is 0.0416. The Kier molecular flexibility index (Phi) is 6.73. The number of sulfone groups is 1. The van der Waals surface area contributed by atoms with Crippen LogP contribution in [-0.2, 0) is 28.2 Å². The van der Waals surface area contributed by atoms with Crippen LogP contribution in [0.2, 0.25) is 0 Å². The minimum atomic E-state index is -4.94. The molecule has 1 N–H and O–H groups in total. The van der Waals surface area contributed by atoms with Crippen LogP contribution in [0.1, 0.15) is 41.7 Å². The molecule has 14 heteroatoms. The summed E-state index contributed by atoms with van der Waals surface area (Å²) in [5, 5.41) is 7.20. The number of nitrogens with zero attached hydrogens (tertiary/aromatic N) is 4. The van der Waals surface area contributed by atoms with E-state index in [1.165, 1.54) is 17.6 Å². The molecule has 0 saturated heterocycles. The highest BCUT2D eigenvalue weighted by molar-refractivity contribution is 7.91. The fourth-order valence-corrected chi connectivity index (χ4v) is 4.92. The van der Waals surface area contributed by atoms with Gasteiger partial charge in [0.05, 0.1) is 36.2 Å². The monoisotopic (exact) mass is 527 g/mol. The number of imidazole rings is 1. The van der Waals surface area contributed by atoms with Crippen LogP contribution < -0.4 is 10.1 Å². The highest BCUT2D eigenvalue weighted by Gasteiger charge is 2.32. The van der Waals surface area contributed by atoms with Crippen molar-refractivity contribution in [1.29, 1.82) is 0 Å². The summed E-state index contributed by atoms with van der Waals surface area (Å²) in [5.41, 5.74) is 0.715. The molecular formula is C22H24F3N5O5S. The van der Waals surface area contributed by atoms with E-state index in [1.54, 1.807) is 19.4 Å². The first-order valence-electron chi connectivity index (χ1n) is 11.0.